The number of nitrogens with zero attached hydrogens (tertiary/aromatic N) is 1. The van der Waals surface area contributed by atoms with Gasteiger partial charge in [-0.05, 0) is 57.7 Å². The number of amides is 1. The summed E-state index contributed by atoms with van der Waals surface area (Å²) in [5, 5.41) is 0.101. The molecule has 1 heterocycles. The van der Waals surface area contributed by atoms with Gasteiger partial charge in [0.1, 0.15) is 5.60 Å². The Morgan fingerprint density at radius 2 is 2.00 bits per heavy atom. The average molecular weight is 389 g/mol. The second-order valence-electron chi connectivity index (χ2n) is 7.68. The summed E-state index contributed by atoms with van der Waals surface area (Å²) in [5.41, 5.74) is -1.17. The molecule has 2 rings (SSSR count). The van der Waals surface area contributed by atoms with Crippen LogP contribution in [0.5, 0.6) is 0 Å². The Morgan fingerprint density at radius 3 is 2.62 bits per heavy atom. The van der Waals surface area contributed by atoms with E-state index in [1.165, 1.54) is 23.9 Å². The lowest BCUT2D eigenvalue weighted by molar-refractivity contribution is -0.137. The summed E-state index contributed by atoms with van der Waals surface area (Å²) in [6.45, 7) is 8.73. The SMILES string of the molecule is CC(Sc1cccc(C(F)(F)F)c1)C1CCCN(C(=O)OC(C)(C)C)C1. The molecule has 1 fully saturated rings. The standard InChI is InChI=1S/C19H26F3NO2S/c1-13(26-16-9-5-8-15(11-16)19(20,21)22)14-7-6-10-23(12-14)17(24)25-18(2,3)4/h5,8-9,11,13-14H,6-7,10,12H2,1-4H3. The largest absolute Gasteiger partial charge is 0.444 e. The molecule has 0 radical (unpaired) electrons. The van der Waals surface area contributed by atoms with Crippen molar-refractivity contribution in [2.45, 2.75) is 62.5 Å². The van der Waals surface area contributed by atoms with Crippen LogP contribution in [0.1, 0.15) is 46.1 Å². The number of hydrogen-bond donors (Lipinski definition) is 0. The van der Waals surface area contributed by atoms with Gasteiger partial charge in [-0.25, -0.2) is 4.79 Å². The van der Waals surface area contributed by atoms with Crippen molar-refractivity contribution >= 4 is 17.9 Å². The molecule has 1 saturated heterocycles. The molecule has 1 aliphatic rings. The van der Waals surface area contributed by atoms with Gasteiger partial charge in [-0.1, -0.05) is 13.0 Å². The second kappa shape index (κ2) is 8.11. The van der Waals surface area contributed by atoms with Crippen molar-refractivity contribution in [3.63, 3.8) is 0 Å². The molecule has 0 spiro atoms. The lowest BCUT2D eigenvalue weighted by atomic mass is 9.95. The first-order chi connectivity index (χ1) is 12.0. The highest BCUT2D eigenvalue weighted by atomic mass is 32.2. The Labute approximate surface area is 157 Å². The summed E-state index contributed by atoms with van der Waals surface area (Å²) in [4.78, 5) is 14.6. The highest BCUT2D eigenvalue weighted by Gasteiger charge is 2.32. The van der Waals surface area contributed by atoms with Crippen LogP contribution in [-0.4, -0.2) is 34.9 Å². The topological polar surface area (TPSA) is 29.5 Å². The zero-order valence-corrected chi connectivity index (χ0v) is 16.4. The number of carbonyl (C=O) groups is 1. The molecular formula is C19H26F3NO2S. The first-order valence-electron chi connectivity index (χ1n) is 8.77. The predicted molar refractivity (Wildman–Crippen MR) is 97.3 cm³/mol. The van der Waals surface area contributed by atoms with E-state index in [1.54, 1.807) is 11.0 Å². The van der Waals surface area contributed by atoms with Crippen LogP contribution in [0.4, 0.5) is 18.0 Å². The van der Waals surface area contributed by atoms with Crippen molar-refractivity contribution in [1.82, 2.24) is 4.90 Å². The van der Waals surface area contributed by atoms with Crippen molar-refractivity contribution in [3.05, 3.63) is 29.8 Å². The quantitative estimate of drug-likeness (QED) is 0.609. The van der Waals surface area contributed by atoms with E-state index in [0.29, 0.717) is 18.0 Å². The third-order valence-electron chi connectivity index (χ3n) is 4.26. The third-order valence-corrected chi connectivity index (χ3v) is 5.54. The number of alkyl halides is 3. The van der Waals surface area contributed by atoms with E-state index in [4.69, 9.17) is 4.74 Å². The molecule has 7 heteroatoms. The molecule has 0 aliphatic carbocycles. The molecule has 2 unspecified atom stereocenters. The molecule has 26 heavy (non-hydrogen) atoms. The van der Waals surface area contributed by atoms with E-state index >= 15 is 0 Å². The summed E-state index contributed by atoms with van der Waals surface area (Å²) < 4.78 is 44.0. The van der Waals surface area contributed by atoms with Gasteiger partial charge in [0, 0.05) is 23.2 Å². The van der Waals surface area contributed by atoms with Crippen LogP contribution < -0.4 is 0 Å². The van der Waals surface area contributed by atoms with Crippen LogP contribution >= 0.6 is 11.8 Å². The lowest BCUT2D eigenvalue weighted by Crippen LogP contribution is -2.44. The normalized spacial score (nSPS) is 20.0. The van der Waals surface area contributed by atoms with Gasteiger partial charge in [-0.2, -0.15) is 13.2 Å². The molecule has 1 aromatic rings. The van der Waals surface area contributed by atoms with Gasteiger partial charge in [0.15, 0.2) is 0 Å². The van der Waals surface area contributed by atoms with E-state index in [2.05, 4.69) is 0 Å². The predicted octanol–water partition coefficient (Wildman–Crippen LogP) is 5.83. The van der Waals surface area contributed by atoms with Crippen LogP contribution in [-0.2, 0) is 10.9 Å². The number of thioether (sulfide) groups is 1. The first kappa shape index (κ1) is 20.9. The zero-order chi connectivity index (χ0) is 19.5. The smallest absolute Gasteiger partial charge is 0.416 e. The molecule has 3 nitrogen and oxygen atoms in total. The number of halogens is 3. The van der Waals surface area contributed by atoms with E-state index in [-0.39, 0.29) is 17.3 Å². The number of hydrogen-bond acceptors (Lipinski definition) is 3. The number of carbonyl (C=O) groups excluding carboxylic acids is 1. The summed E-state index contributed by atoms with van der Waals surface area (Å²) in [7, 11) is 0. The minimum absolute atomic E-state index is 0.101. The van der Waals surface area contributed by atoms with Gasteiger partial charge in [-0.3, -0.25) is 0 Å². The summed E-state index contributed by atoms with van der Waals surface area (Å²) in [5.74, 6) is 0.218. The number of piperidine rings is 1. The van der Waals surface area contributed by atoms with Crippen molar-refractivity contribution in [3.8, 4) is 0 Å². The molecule has 0 saturated carbocycles. The summed E-state index contributed by atoms with van der Waals surface area (Å²) in [6.07, 6.45) is -2.83. The molecule has 146 valence electrons. The highest BCUT2D eigenvalue weighted by molar-refractivity contribution is 8.00. The highest BCUT2D eigenvalue weighted by Crippen LogP contribution is 2.36. The number of rotatable bonds is 3. The van der Waals surface area contributed by atoms with Gasteiger partial charge >= 0.3 is 12.3 Å². The van der Waals surface area contributed by atoms with Gasteiger partial charge in [0.2, 0.25) is 0 Å². The van der Waals surface area contributed by atoms with Gasteiger partial charge in [0.05, 0.1) is 5.56 Å². The molecule has 0 aromatic heterocycles. The fourth-order valence-corrected chi connectivity index (χ4v) is 4.14. The maximum absolute atomic E-state index is 12.9. The van der Waals surface area contributed by atoms with Crippen molar-refractivity contribution < 1.29 is 22.7 Å². The van der Waals surface area contributed by atoms with E-state index < -0.39 is 17.3 Å². The van der Waals surface area contributed by atoms with E-state index in [0.717, 1.165) is 18.9 Å². The monoisotopic (exact) mass is 389 g/mol. The van der Waals surface area contributed by atoms with Crippen LogP contribution in [0.25, 0.3) is 0 Å². The van der Waals surface area contributed by atoms with E-state index in [9.17, 15) is 18.0 Å². The van der Waals surface area contributed by atoms with Gasteiger partial charge in [-0.15, -0.1) is 11.8 Å². The van der Waals surface area contributed by atoms with Crippen LogP contribution in [0.15, 0.2) is 29.2 Å². The zero-order valence-electron chi connectivity index (χ0n) is 15.6. The molecule has 0 N–H and O–H groups in total. The Kier molecular flexibility index (Phi) is 6.53. The summed E-state index contributed by atoms with van der Waals surface area (Å²) >= 11 is 1.43. The molecular weight excluding hydrogens is 363 g/mol. The Balaban J connectivity index is 1.99. The van der Waals surface area contributed by atoms with E-state index in [1.807, 2.05) is 27.7 Å². The fourth-order valence-electron chi connectivity index (χ4n) is 2.94. The van der Waals surface area contributed by atoms with Crippen LogP contribution in [0, 0.1) is 5.92 Å². The Bertz CT molecular complexity index is 628. The Hall–Kier alpha value is -1.37. The fraction of sp³-hybridized carbons (Fsp3) is 0.632. The van der Waals surface area contributed by atoms with Crippen molar-refractivity contribution in [2.75, 3.05) is 13.1 Å². The molecule has 1 aliphatic heterocycles. The first-order valence-corrected chi connectivity index (χ1v) is 9.65. The second-order valence-corrected chi connectivity index (χ2v) is 9.13. The van der Waals surface area contributed by atoms with Crippen LogP contribution in [0.3, 0.4) is 0 Å². The number of ether oxygens (including phenoxy) is 1. The van der Waals surface area contributed by atoms with Crippen molar-refractivity contribution in [1.29, 1.82) is 0 Å². The number of benzene rings is 1. The van der Waals surface area contributed by atoms with Crippen LogP contribution in [0.2, 0.25) is 0 Å². The molecule has 1 aromatic carbocycles. The Morgan fingerprint density at radius 1 is 1.31 bits per heavy atom. The maximum Gasteiger partial charge on any atom is 0.416 e. The van der Waals surface area contributed by atoms with Crippen molar-refractivity contribution in [2.24, 2.45) is 5.92 Å². The maximum atomic E-state index is 12.9. The van der Waals surface area contributed by atoms with Gasteiger partial charge in [0.25, 0.3) is 0 Å². The molecule has 2 atom stereocenters. The van der Waals surface area contributed by atoms with Gasteiger partial charge < -0.3 is 9.64 Å². The average Bonchev–Trinajstić information content (AvgIpc) is 2.53. The molecule has 0 bridgehead atoms. The summed E-state index contributed by atoms with van der Waals surface area (Å²) in [6, 6.07) is 5.41. The minimum atomic E-state index is -4.34. The molecule has 1 amide bonds. The minimum Gasteiger partial charge on any atom is -0.444 e. The third kappa shape index (κ3) is 6.11. The number of likely N-dealkylation sites (tertiary alicyclic amines) is 1. The lowest BCUT2D eigenvalue weighted by Gasteiger charge is -2.36.